The van der Waals surface area contributed by atoms with E-state index in [0.29, 0.717) is 19.6 Å². The van der Waals surface area contributed by atoms with Gasteiger partial charge in [0.2, 0.25) is 0 Å². The smallest absolute Gasteiger partial charge is 0.329 e. The van der Waals surface area contributed by atoms with Crippen molar-refractivity contribution in [3.8, 4) is 0 Å². The Labute approximate surface area is 102 Å². The highest BCUT2D eigenvalue weighted by Crippen LogP contribution is 2.18. The first-order chi connectivity index (χ1) is 7.91. The van der Waals surface area contributed by atoms with E-state index in [9.17, 15) is 9.59 Å². The second-order valence-electron chi connectivity index (χ2n) is 4.60. The van der Waals surface area contributed by atoms with Crippen LogP contribution in [0.4, 0.5) is 4.79 Å². The van der Waals surface area contributed by atoms with Gasteiger partial charge in [-0.2, -0.15) is 0 Å². The van der Waals surface area contributed by atoms with Crippen molar-refractivity contribution in [2.45, 2.75) is 32.7 Å². The molecule has 0 aliphatic carbocycles. The highest BCUT2D eigenvalue weighted by atomic mass is 16.4. The van der Waals surface area contributed by atoms with Gasteiger partial charge in [0, 0.05) is 19.6 Å². The monoisotopic (exact) mass is 240 g/mol. The first-order valence-corrected chi connectivity index (χ1v) is 5.86. The van der Waals surface area contributed by atoms with Crippen LogP contribution in [-0.2, 0) is 4.79 Å². The van der Waals surface area contributed by atoms with E-state index in [2.05, 4.69) is 0 Å². The fraction of sp³-hybridized carbons (Fsp3) is 0.667. The van der Waals surface area contributed by atoms with Crippen LogP contribution in [0.1, 0.15) is 27.2 Å². The van der Waals surface area contributed by atoms with Gasteiger partial charge in [0.05, 0.1) is 0 Å². The average Bonchev–Trinajstić information content (AvgIpc) is 2.30. The Balaban J connectivity index is 2.83. The van der Waals surface area contributed by atoms with Gasteiger partial charge in [-0.3, -0.25) is 0 Å². The third kappa shape index (κ3) is 2.78. The van der Waals surface area contributed by atoms with E-state index >= 15 is 0 Å². The summed E-state index contributed by atoms with van der Waals surface area (Å²) in [7, 11) is 0. The normalized spacial score (nSPS) is 15.8. The number of hydrogen-bond donors (Lipinski definition) is 1. The molecule has 0 saturated carbocycles. The number of carboxylic acid groups (broad SMARTS) is 1. The molecule has 17 heavy (non-hydrogen) atoms. The minimum atomic E-state index is -1.17. The van der Waals surface area contributed by atoms with E-state index in [1.807, 2.05) is 12.2 Å². The van der Waals surface area contributed by atoms with Crippen molar-refractivity contribution >= 4 is 12.0 Å². The van der Waals surface area contributed by atoms with Gasteiger partial charge in [-0.1, -0.05) is 12.2 Å². The van der Waals surface area contributed by atoms with Gasteiger partial charge in [0.15, 0.2) is 0 Å². The van der Waals surface area contributed by atoms with Crippen molar-refractivity contribution in [3.63, 3.8) is 0 Å². The molecular formula is C12H20N2O3. The first kappa shape index (κ1) is 13.5. The number of urea groups is 1. The molecule has 0 aromatic carbocycles. The number of nitrogens with zero attached hydrogens (tertiary/aromatic N) is 2. The molecule has 5 nitrogen and oxygen atoms in total. The van der Waals surface area contributed by atoms with Gasteiger partial charge < -0.3 is 14.9 Å². The largest absolute Gasteiger partial charge is 0.480 e. The number of carboxylic acids is 1. The number of carbonyl (C=O) groups is 2. The van der Waals surface area contributed by atoms with Crippen LogP contribution in [0.3, 0.4) is 0 Å². The van der Waals surface area contributed by atoms with Crippen LogP contribution in [0.25, 0.3) is 0 Å². The molecule has 1 aliphatic heterocycles. The molecule has 0 atom stereocenters. The maximum Gasteiger partial charge on any atom is 0.329 e. The van der Waals surface area contributed by atoms with Gasteiger partial charge in [-0.05, 0) is 27.2 Å². The Morgan fingerprint density at radius 3 is 2.47 bits per heavy atom. The maximum atomic E-state index is 12.2. The first-order valence-electron chi connectivity index (χ1n) is 5.86. The molecule has 0 bridgehead atoms. The van der Waals surface area contributed by atoms with E-state index in [0.717, 1.165) is 6.42 Å². The molecule has 0 spiro atoms. The number of amides is 2. The summed E-state index contributed by atoms with van der Waals surface area (Å²) < 4.78 is 0. The van der Waals surface area contributed by atoms with Gasteiger partial charge in [-0.15, -0.1) is 0 Å². The zero-order chi connectivity index (χ0) is 13.1. The Morgan fingerprint density at radius 2 is 2.06 bits per heavy atom. The molecule has 0 radical (unpaired) electrons. The fourth-order valence-corrected chi connectivity index (χ4v) is 1.87. The molecule has 96 valence electrons. The van der Waals surface area contributed by atoms with Crippen molar-refractivity contribution in [2.75, 3.05) is 19.6 Å². The van der Waals surface area contributed by atoms with E-state index in [-0.39, 0.29) is 6.03 Å². The third-order valence-electron chi connectivity index (χ3n) is 3.07. The Morgan fingerprint density at radius 1 is 1.41 bits per heavy atom. The SMILES string of the molecule is CCN(C(=O)N1CC=CCC1)C(C)(C)C(=O)O. The summed E-state index contributed by atoms with van der Waals surface area (Å²) in [4.78, 5) is 26.5. The van der Waals surface area contributed by atoms with Crippen LogP contribution < -0.4 is 0 Å². The molecule has 0 aromatic rings. The fourth-order valence-electron chi connectivity index (χ4n) is 1.87. The molecule has 1 N–H and O–H groups in total. The van der Waals surface area contributed by atoms with Crippen LogP contribution in [0.2, 0.25) is 0 Å². The van der Waals surface area contributed by atoms with E-state index in [1.165, 1.54) is 4.90 Å². The molecule has 0 unspecified atom stereocenters. The lowest BCUT2D eigenvalue weighted by Gasteiger charge is -2.38. The summed E-state index contributed by atoms with van der Waals surface area (Å²) in [5.74, 6) is -0.986. The molecule has 0 saturated heterocycles. The van der Waals surface area contributed by atoms with Gasteiger partial charge in [0.1, 0.15) is 5.54 Å². The number of rotatable bonds is 3. The minimum Gasteiger partial charge on any atom is -0.480 e. The summed E-state index contributed by atoms with van der Waals surface area (Å²) in [6, 6.07) is -0.204. The second kappa shape index (κ2) is 5.21. The van der Waals surface area contributed by atoms with E-state index in [4.69, 9.17) is 5.11 Å². The van der Waals surface area contributed by atoms with Crippen LogP contribution in [0.15, 0.2) is 12.2 Å². The zero-order valence-electron chi connectivity index (χ0n) is 10.6. The Hall–Kier alpha value is -1.52. The van der Waals surface area contributed by atoms with Crippen molar-refractivity contribution in [3.05, 3.63) is 12.2 Å². The minimum absolute atomic E-state index is 0.204. The highest BCUT2D eigenvalue weighted by molar-refractivity contribution is 5.85. The Bertz CT molecular complexity index is 337. The molecule has 1 rings (SSSR count). The molecule has 5 heteroatoms. The lowest BCUT2D eigenvalue weighted by atomic mass is 10.0. The summed E-state index contributed by atoms with van der Waals surface area (Å²) in [5.41, 5.74) is -1.17. The molecule has 1 heterocycles. The highest BCUT2D eigenvalue weighted by Gasteiger charge is 2.38. The predicted octanol–water partition coefficient (Wildman–Crippen LogP) is 1.55. The maximum absolute atomic E-state index is 12.2. The van der Waals surface area contributed by atoms with E-state index < -0.39 is 11.5 Å². The summed E-state index contributed by atoms with van der Waals surface area (Å²) >= 11 is 0. The van der Waals surface area contributed by atoms with Gasteiger partial charge in [0.25, 0.3) is 0 Å². The molecule has 0 aromatic heterocycles. The second-order valence-corrected chi connectivity index (χ2v) is 4.60. The molecule has 2 amide bonds. The van der Waals surface area contributed by atoms with Gasteiger partial charge in [-0.25, -0.2) is 9.59 Å². The van der Waals surface area contributed by atoms with Crippen LogP contribution >= 0.6 is 0 Å². The Kier molecular flexibility index (Phi) is 4.15. The quantitative estimate of drug-likeness (QED) is 0.761. The van der Waals surface area contributed by atoms with Crippen LogP contribution in [0, 0.1) is 0 Å². The summed E-state index contributed by atoms with van der Waals surface area (Å²) in [5, 5.41) is 9.16. The predicted molar refractivity (Wildman–Crippen MR) is 64.8 cm³/mol. The molecule has 0 fully saturated rings. The van der Waals surface area contributed by atoms with Crippen molar-refractivity contribution in [1.29, 1.82) is 0 Å². The number of hydrogen-bond acceptors (Lipinski definition) is 2. The number of carbonyl (C=O) groups excluding carboxylic acids is 1. The molecule has 1 aliphatic rings. The average molecular weight is 240 g/mol. The summed E-state index contributed by atoms with van der Waals surface area (Å²) in [6.45, 7) is 6.50. The van der Waals surface area contributed by atoms with Crippen molar-refractivity contribution in [1.82, 2.24) is 9.80 Å². The lowest BCUT2D eigenvalue weighted by Crippen LogP contribution is -2.57. The van der Waals surface area contributed by atoms with Crippen molar-refractivity contribution < 1.29 is 14.7 Å². The molecular weight excluding hydrogens is 220 g/mol. The number of aliphatic carboxylic acids is 1. The van der Waals surface area contributed by atoms with E-state index in [1.54, 1.807) is 25.7 Å². The summed E-state index contributed by atoms with van der Waals surface area (Å²) in [6.07, 6.45) is 4.79. The van der Waals surface area contributed by atoms with Gasteiger partial charge >= 0.3 is 12.0 Å². The number of likely N-dealkylation sites (N-methyl/N-ethyl adjacent to an activating group) is 1. The lowest BCUT2D eigenvalue weighted by molar-refractivity contribution is -0.147. The van der Waals surface area contributed by atoms with Crippen LogP contribution in [-0.4, -0.2) is 52.1 Å². The third-order valence-corrected chi connectivity index (χ3v) is 3.07. The standard InChI is InChI=1S/C12H20N2O3/c1-4-14(12(2,3)10(15)16)11(17)13-8-6-5-7-9-13/h5-6H,4,7-9H2,1-3H3,(H,15,16). The zero-order valence-corrected chi connectivity index (χ0v) is 10.6. The topological polar surface area (TPSA) is 60.9 Å². The van der Waals surface area contributed by atoms with Crippen molar-refractivity contribution in [2.24, 2.45) is 0 Å². The van der Waals surface area contributed by atoms with Crippen LogP contribution in [0.5, 0.6) is 0 Å².